The van der Waals surface area contributed by atoms with Gasteiger partial charge in [0.2, 0.25) is 0 Å². The highest BCUT2D eigenvalue weighted by atomic mass is 127. The molecule has 0 aliphatic rings. The van der Waals surface area contributed by atoms with Gasteiger partial charge in [-0.15, -0.1) is 24.0 Å². The fraction of sp³-hybridized carbons (Fsp3) is 0.235. The number of nitrogens with two attached hydrogens (primary N) is 1. The molecule has 2 aromatic carbocycles. The van der Waals surface area contributed by atoms with Crippen molar-refractivity contribution in [1.29, 1.82) is 0 Å². The topological polar surface area (TPSA) is 59.6 Å². The van der Waals surface area contributed by atoms with Crippen molar-refractivity contribution in [3.63, 3.8) is 0 Å². The highest BCUT2D eigenvalue weighted by Crippen LogP contribution is 2.27. The molecule has 0 unspecified atom stereocenters. The summed E-state index contributed by atoms with van der Waals surface area (Å²) < 4.78 is 18.1. The first-order chi connectivity index (χ1) is 11.0. The minimum atomic E-state index is -0.229. The Labute approximate surface area is 163 Å². The van der Waals surface area contributed by atoms with E-state index in [2.05, 4.69) is 10.3 Å². The number of rotatable bonds is 5. The zero-order valence-corrected chi connectivity index (χ0v) is 16.6. The van der Waals surface area contributed by atoms with Crippen LogP contribution in [0.15, 0.2) is 41.4 Å². The molecular formula is C17H20ClFIN3O. The molecule has 4 nitrogen and oxygen atoms in total. The average Bonchev–Trinajstić information content (AvgIpc) is 2.49. The van der Waals surface area contributed by atoms with Gasteiger partial charge in [0.05, 0.1) is 12.1 Å². The van der Waals surface area contributed by atoms with Gasteiger partial charge in [-0.05, 0) is 54.8 Å². The lowest BCUT2D eigenvalue weighted by atomic mass is 10.1. The van der Waals surface area contributed by atoms with E-state index in [1.54, 1.807) is 31.4 Å². The molecule has 0 amide bonds. The maximum absolute atomic E-state index is 13.0. The van der Waals surface area contributed by atoms with Crippen LogP contribution < -0.4 is 15.8 Å². The van der Waals surface area contributed by atoms with Crippen LogP contribution in [-0.2, 0) is 6.42 Å². The predicted octanol–water partition coefficient (Wildman–Crippen LogP) is 4.38. The zero-order valence-electron chi connectivity index (χ0n) is 13.5. The fourth-order valence-electron chi connectivity index (χ4n) is 2.17. The van der Waals surface area contributed by atoms with Crippen molar-refractivity contribution >= 4 is 47.2 Å². The Bertz CT molecular complexity index is 725. The number of halogens is 3. The van der Waals surface area contributed by atoms with Crippen LogP contribution in [0.4, 0.5) is 10.1 Å². The molecule has 0 fully saturated rings. The van der Waals surface area contributed by atoms with Gasteiger partial charge in [0, 0.05) is 12.2 Å². The number of benzene rings is 2. The minimum absolute atomic E-state index is 0. The van der Waals surface area contributed by atoms with Crippen LogP contribution in [0, 0.1) is 12.7 Å². The molecule has 0 heterocycles. The molecule has 2 rings (SSSR count). The van der Waals surface area contributed by atoms with Gasteiger partial charge >= 0.3 is 0 Å². The Morgan fingerprint density at radius 2 is 2.04 bits per heavy atom. The quantitative estimate of drug-likeness (QED) is 0.393. The van der Waals surface area contributed by atoms with E-state index in [9.17, 15) is 4.39 Å². The second-order valence-corrected chi connectivity index (χ2v) is 5.47. The van der Waals surface area contributed by atoms with Gasteiger partial charge in [0.15, 0.2) is 5.96 Å². The van der Waals surface area contributed by atoms with Gasteiger partial charge in [-0.1, -0.05) is 17.7 Å². The third kappa shape index (κ3) is 5.83. The lowest BCUT2D eigenvalue weighted by Gasteiger charge is -2.09. The Morgan fingerprint density at radius 1 is 1.29 bits per heavy atom. The van der Waals surface area contributed by atoms with Crippen LogP contribution in [0.3, 0.4) is 0 Å². The monoisotopic (exact) mass is 463 g/mol. The summed E-state index contributed by atoms with van der Waals surface area (Å²) >= 11 is 6.05. The number of anilines is 1. The van der Waals surface area contributed by atoms with Crippen molar-refractivity contribution in [2.75, 3.05) is 19.0 Å². The fourth-order valence-corrected chi connectivity index (χ4v) is 2.43. The molecular weight excluding hydrogens is 444 g/mol. The summed E-state index contributed by atoms with van der Waals surface area (Å²) in [5.74, 6) is 0.665. The maximum Gasteiger partial charge on any atom is 0.193 e. The smallest absolute Gasteiger partial charge is 0.193 e. The van der Waals surface area contributed by atoms with E-state index < -0.39 is 0 Å². The van der Waals surface area contributed by atoms with Gasteiger partial charge in [-0.2, -0.15) is 0 Å². The molecule has 130 valence electrons. The summed E-state index contributed by atoms with van der Waals surface area (Å²) in [5.41, 5.74) is 8.55. The second-order valence-electron chi connectivity index (χ2n) is 5.06. The highest BCUT2D eigenvalue weighted by Gasteiger charge is 2.03. The summed E-state index contributed by atoms with van der Waals surface area (Å²) in [6.07, 6.45) is 0.692. The number of ether oxygens (including phenoxy) is 1. The van der Waals surface area contributed by atoms with Gasteiger partial charge in [0.1, 0.15) is 11.6 Å². The first-order valence-corrected chi connectivity index (χ1v) is 7.53. The molecule has 0 spiro atoms. The summed E-state index contributed by atoms with van der Waals surface area (Å²) in [6.45, 7) is 2.39. The molecule has 7 heteroatoms. The number of nitrogens with zero attached hydrogens (tertiary/aromatic N) is 1. The average molecular weight is 464 g/mol. The van der Waals surface area contributed by atoms with Crippen molar-refractivity contribution in [3.05, 3.63) is 58.4 Å². The van der Waals surface area contributed by atoms with E-state index >= 15 is 0 Å². The van der Waals surface area contributed by atoms with E-state index in [0.29, 0.717) is 29.7 Å². The summed E-state index contributed by atoms with van der Waals surface area (Å²) in [5, 5.41) is 3.46. The summed E-state index contributed by atoms with van der Waals surface area (Å²) in [4.78, 5) is 4.27. The van der Waals surface area contributed by atoms with E-state index in [4.69, 9.17) is 22.1 Å². The molecule has 0 saturated heterocycles. The number of methoxy groups -OCH3 is 1. The minimum Gasteiger partial charge on any atom is -0.495 e. The second kappa shape index (κ2) is 9.68. The van der Waals surface area contributed by atoms with E-state index in [-0.39, 0.29) is 29.8 Å². The summed E-state index contributed by atoms with van der Waals surface area (Å²) in [6, 6.07) is 10.0. The number of hydrogen-bond acceptors (Lipinski definition) is 2. The van der Waals surface area contributed by atoms with E-state index in [1.807, 2.05) is 6.92 Å². The molecule has 0 aliphatic heterocycles. The number of aliphatic imine (C=N–C) groups is 1. The Balaban J connectivity index is 0.00000288. The van der Waals surface area contributed by atoms with Crippen LogP contribution in [0.5, 0.6) is 5.75 Å². The SMILES string of the molecule is COc1ccc(NC(N)=NCCc2ccc(F)cc2C)cc1Cl.I. The number of nitrogens with one attached hydrogen (secondary N) is 1. The Kier molecular flexibility index (Phi) is 8.27. The van der Waals surface area contributed by atoms with Crippen LogP contribution in [0.1, 0.15) is 11.1 Å². The largest absolute Gasteiger partial charge is 0.495 e. The number of aryl methyl sites for hydroxylation is 1. The predicted molar refractivity (Wildman–Crippen MR) is 108 cm³/mol. The number of guanidine groups is 1. The molecule has 0 radical (unpaired) electrons. The lowest BCUT2D eigenvalue weighted by Crippen LogP contribution is -2.23. The molecule has 0 saturated carbocycles. The van der Waals surface area contributed by atoms with Crippen molar-refractivity contribution in [1.82, 2.24) is 0 Å². The normalized spacial score (nSPS) is 10.9. The van der Waals surface area contributed by atoms with Crippen LogP contribution in [0.25, 0.3) is 0 Å². The Morgan fingerprint density at radius 3 is 2.67 bits per heavy atom. The molecule has 0 aromatic heterocycles. The van der Waals surface area contributed by atoms with Gasteiger partial charge in [-0.25, -0.2) is 4.39 Å². The first-order valence-electron chi connectivity index (χ1n) is 7.15. The van der Waals surface area contributed by atoms with Gasteiger partial charge < -0.3 is 15.8 Å². The number of hydrogen-bond donors (Lipinski definition) is 2. The molecule has 2 aromatic rings. The summed E-state index contributed by atoms with van der Waals surface area (Å²) in [7, 11) is 1.56. The molecule has 24 heavy (non-hydrogen) atoms. The third-order valence-corrected chi connectivity index (χ3v) is 3.69. The van der Waals surface area contributed by atoms with Crippen molar-refractivity contribution in [2.24, 2.45) is 10.7 Å². The zero-order chi connectivity index (χ0) is 16.8. The standard InChI is InChI=1S/C17H19ClFN3O.HI/c1-11-9-13(19)4-3-12(11)7-8-21-17(20)22-14-5-6-16(23-2)15(18)10-14;/h3-6,9-10H,7-8H2,1-2H3,(H3,20,21,22);1H. The van der Waals surface area contributed by atoms with Gasteiger partial charge in [0.25, 0.3) is 0 Å². The molecule has 3 N–H and O–H groups in total. The van der Waals surface area contributed by atoms with Crippen molar-refractivity contribution < 1.29 is 9.13 Å². The van der Waals surface area contributed by atoms with Crippen LogP contribution in [-0.4, -0.2) is 19.6 Å². The van der Waals surface area contributed by atoms with Crippen LogP contribution in [0.2, 0.25) is 5.02 Å². The lowest BCUT2D eigenvalue weighted by molar-refractivity contribution is 0.415. The maximum atomic E-state index is 13.0. The highest BCUT2D eigenvalue weighted by molar-refractivity contribution is 14.0. The third-order valence-electron chi connectivity index (χ3n) is 3.39. The first kappa shape index (κ1) is 20.5. The Hall–Kier alpha value is -1.54. The van der Waals surface area contributed by atoms with Crippen LogP contribution >= 0.6 is 35.6 Å². The van der Waals surface area contributed by atoms with Gasteiger partial charge in [-0.3, -0.25) is 4.99 Å². The molecule has 0 atom stereocenters. The van der Waals surface area contributed by atoms with Crippen molar-refractivity contribution in [3.8, 4) is 5.75 Å². The molecule has 0 bridgehead atoms. The van der Waals surface area contributed by atoms with Crippen molar-refractivity contribution in [2.45, 2.75) is 13.3 Å². The van der Waals surface area contributed by atoms with E-state index in [1.165, 1.54) is 12.1 Å². The molecule has 0 aliphatic carbocycles. The van der Waals surface area contributed by atoms with E-state index in [0.717, 1.165) is 16.8 Å².